The summed E-state index contributed by atoms with van der Waals surface area (Å²) in [5.41, 5.74) is 2.03. The zero-order chi connectivity index (χ0) is 15.3. The summed E-state index contributed by atoms with van der Waals surface area (Å²) < 4.78 is 5.63. The van der Waals surface area contributed by atoms with E-state index >= 15 is 0 Å². The first-order valence-electron chi connectivity index (χ1n) is 6.93. The second-order valence-corrected chi connectivity index (χ2v) is 5.46. The van der Waals surface area contributed by atoms with Gasteiger partial charge in [0, 0.05) is 12.7 Å². The molecule has 0 amide bonds. The molecule has 2 aromatic carbocycles. The van der Waals surface area contributed by atoms with Crippen LogP contribution in [0.5, 0.6) is 0 Å². The van der Waals surface area contributed by atoms with Gasteiger partial charge in [0.15, 0.2) is 0 Å². The molecular formula is C19H20O2. The van der Waals surface area contributed by atoms with Crippen molar-refractivity contribution in [2.75, 3.05) is 7.11 Å². The van der Waals surface area contributed by atoms with Gasteiger partial charge in [-0.1, -0.05) is 54.3 Å². The van der Waals surface area contributed by atoms with Gasteiger partial charge >= 0.3 is 0 Å². The van der Waals surface area contributed by atoms with Crippen LogP contribution in [-0.4, -0.2) is 17.8 Å². The Bertz CT molecular complexity index is 643. The van der Waals surface area contributed by atoms with Crippen molar-refractivity contribution in [3.8, 4) is 11.8 Å². The van der Waals surface area contributed by atoms with E-state index in [9.17, 15) is 5.11 Å². The van der Waals surface area contributed by atoms with Gasteiger partial charge in [0.2, 0.25) is 0 Å². The Hall–Kier alpha value is -2.08. The highest BCUT2D eigenvalue weighted by atomic mass is 16.5. The van der Waals surface area contributed by atoms with Crippen molar-refractivity contribution in [1.82, 2.24) is 0 Å². The van der Waals surface area contributed by atoms with Crippen LogP contribution in [0.4, 0.5) is 0 Å². The van der Waals surface area contributed by atoms with Crippen LogP contribution in [0.1, 0.15) is 36.6 Å². The molecule has 21 heavy (non-hydrogen) atoms. The number of benzene rings is 2. The maximum atomic E-state index is 9.68. The van der Waals surface area contributed by atoms with Crippen LogP contribution in [-0.2, 0) is 4.74 Å². The number of methoxy groups -OCH3 is 1. The Balaban J connectivity index is 2.33. The van der Waals surface area contributed by atoms with Crippen LogP contribution in [0, 0.1) is 11.8 Å². The molecule has 0 radical (unpaired) electrons. The summed E-state index contributed by atoms with van der Waals surface area (Å²) in [5.74, 6) is 5.83. The van der Waals surface area contributed by atoms with Gasteiger partial charge in [0.1, 0.15) is 11.7 Å². The molecule has 0 bridgehead atoms. The first-order chi connectivity index (χ1) is 9.99. The summed E-state index contributed by atoms with van der Waals surface area (Å²) in [7, 11) is 1.70. The Morgan fingerprint density at radius 2 is 1.67 bits per heavy atom. The third-order valence-corrected chi connectivity index (χ3v) is 3.04. The lowest BCUT2D eigenvalue weighted by Crippen LogP contribution is -2.14. The lowest BCUT2D eigenvalue weighted by molar-refractivity contribution is 0.136. The molecule has 0 heterocycles. The maximum Gasteiger partial charge on any atom is 0.120 e. The van der Waals surface area contributed by atoms with Gasteiger partial charge in [0.05, 0.1) is 0 Å². The molecule has 0 aromatic heterocycles. The SMILES string of the molecule is COC(c1ccccc1)c1cccc(C#CC(C)(C)O)c1. The minimum absolute atomic E-state index is 0.116. The second kappa shape index (κ2) is 6.58. The van der Waals surface area contributed by atoms with Crippen molar-refractivity contribution in [1.29, 1.82) is 0 Å². The van der Waals surface area contributed by atoms with E-state index < -0.39 is 5.60 Å². The molecule has 108 valence electrons. The number of hydrogen-bond donors (Lipinski definition) is 1. The first-order valence-corrected chi connectivity index (χ1v) is 6.93. The van der Waals surface area contributed by atoms with E-state index in [1.54, 1.807) is 21.0 Å². The quantitative estimate of drug-likeness (QED) is 0.871. The number of rotatable bonds is 3. The van der Waals surface area contributed by atoms with Gasteiger partial charge in [0.25, 0.3) is 0 Å². The van der Waals surface area contributed by atoms with E-state index in [1.165, 1.54) is 0 Å². The molecule has 0 aliphatic rings. The van der Waals surface area contributed by atoms with E-state index in [0.717, 1.165) is 16.7 Å². The maximum absolute atomic E-state index is 9.68. The van der Waals surface area contributed by atoms with Crippen LogP contribution in [0.25, 0.3) is 0 Å². The van der Waals surface area contributed by atoms with Gasteiger partial charge in [-0.3, -0.25) is 0 Å². The Kier molecular flexibility index (Phi) is 4.80. The minimum Gasteiger partial charge on any atom is -0.378 e. The standard InChI is InChI=1S/C19H20O2/c1-19(2,20)13-12-15-8-7-11-17(14-15)18(21-3)16-9-5-4-6-10-16/h4-11,14,18,20H,1-3H3. The predicted molar refractivity (Wildman–Crippen MR) is 84.9 cm³/mol. The Morgan fingerprint density at radius 3 is 2.29 bits per heavy atom. The van der Waals surface area contributed by atoms with Gasteiger partial charge in [-0.15, -0.1) is 0 Å². The fourth-order valence-electron chi connectivity index (χ4n) is 2.10. The number of hydrogen-bond acceptors (Lipinski definition) is 2. The first kappa shape index (κ1) is 15.3. The van der Waals surface area contributed by atoms with Crippen LogP contribution >= 0.6 is 0 Å². The highest BCUT2D eigenvalue weighted by Gasteiger charge is 2.13. The van der Waals surface area contributed by atoms with Crippen molar-refractivity contribution < 1.29 is 9.84 Å². The third-order valence-electron chi connectivity index (χ3n) is 3.04. The summed E-state index contributed by atoms with van der Waals surface area (Å²) in [6.45, 7) is 3.34. The van der Waals surface area contributed by atoms with Gasteiger partial charge in [-0.25, -0.2) is 0 Å². The third kappa shape index (κ3) is 4.46. The molecule has 2 heteroatoms. The van der Waals surface area contributed by atoms with Gasteiger partial charge in [-0.2, -0.15) is 0 Å². The lowest BCUT2D eigenvalue weighted by Gasteiger charge is -2.16. The van der Waals surface area contributed by atoms with Crippen molar-refractivity contribution in [3.05, 3.63) is 71.3 Å². The Morgan fingerprint density at radius 1 is 1.00 bits per heavy atom. The second-order valence-electron chi connectivity index (χ2n) is 5.46. The average Bonchev–Trinajstić information content (AvgIpc) is 2.47. The fraction of sp³-hybridized carbons (Fsp3) is 0.263. The van der Waals surface area contributed by atoms with E-state index in [4.69, 9.17) is 4.74 Å². The minimum atomic E-state index is -0.990. The van der Waals surface area contributed by atoms with Crippen molar-refractivity contribution in [2.24, 2.45) is 0 Å². The fourth-order valence-corrected chi connectivity index (χ4v) is 2.10. The largest absolute Gasteiger partial charge is 0.378 e. The van der Waals surface area contributed by atoms with Crippen molar-refractivity contribution >= 4 is 0 Å². The molecule has 0 spiro atoms. The molecule has 0 saturated carbocycles. The monoisotopic (exact) mass is 280 g/mol. The zero-order valence-electron chi connectivity index (χ0n) is 12.6. The van der Waals surface area contributed by atoms with Crippen LogP contribution in [0.3, 0.4) is 0 Å². The number of ether oxygens (including phenoxy) is 1. The summed E-state index contributed by atoms with van der Waals surface area (Å²) in [5, 5.41) is 9.68. The van der Waals surface area contributed by atoms with E-state index in [1.807, 2.05) is 54.6 Å². The predicted octanol–water partition coefficient (Wildman–Crippen LogP) is 3.54. The zero-order valence-corrected chi connectivity index (χ0v) is 12.6. The molecule has 2 nitrogen and oxygen atoms in total. The summed E-state index contributed by atoms with van der Waals surface area (Å²) in [6.07, 6.45) is -0.116. The van der Waals surface area contributed by atoms with Crippen LogP contribution in [0.15, 0.2) is 54.6 Å². The van der Waals surface area contributed by atoms with E-state index in [2.05, 4.69) is 11.8 Å². The topological polar surface area (TPSA) is 29.5 Å². The molecule has 2 rings (SSSR count). The number of aliphatic hydroxyl groups is 1. The van der Waals surface area contributed by atoms with Crippen molar-refractivity contribution in [2.45, 2.75) is 25.6 Å². The molecule has 1 unspecified atom stereocenters. The summed E-state index contributed by atoms with van der Waals surface area (Å²) in [6, 6.07) is 18.0. The van der Waals surface area contributed by atoms with Crippen LogP contribution < -0.4 is 0 Å². The molecule has 0 aliphatic heterocycles. The molecule has 1 atom stereocenters. The highest BCUT2D eigenvalue weighted by molar-refractivity contribution is 5.41. The highest BCUT2D eigenvalue weighted by Crippen LogP contribution is 2.25. The van der Waals surface area contributed by atoms with Gasteiger partial charge < -0.3 is 9.84 Å². The molecule has 2 aromatic rings. The molecule has 1 N–H and O–H groups in total. The molecular weight excluding hydrogens is 260 g/mol. The van der Waals surface area contributed by atoms with E-state index in [0.29, 0.717) is 0 Å². The van der Waals surface area contributed by atoms with Gasteiger partial charge in [-0.05, 0) is 37.1 Å². The smallest absolute Gasteiger partial charge is 0.120 e. The molecule has 0 saturated heterocycles. The van der Waals surface area contributed by atoms with Crippen LogP contribution in [0.2, 0.25) is 0 Å². The Labute approximate surface area is 126 Å². The summed E-state index contributed by atoms with van der Waals surface area (Å²) >= 11 is 0. The normalized spacial score (nSPS) is 12.4. The molecule has 0 fully saturated rings. The lowest BCUT2D eigenvalue weighted by atomic mass is 9.99. The average molecular weight is 280 g/mol. The van der Waals surface area contributed by atoms with E-state index in [-0.39, 0.29) is 6.10 Å². The summed E-state index contributed by atoms with van der Waals surface area (Å²) in [4.78, 5) is 0. The molecule has 0 aliphatic carbocycles. The van der Waals surface area contributed by atoms with Crippen molar-refractivity contribution in [3.63, 3.8) is 0 Å².